The molecule has 0 saturated carbocycles. The van der Waals surface area contributed by atoms with E-state index in [-0.39, 0.29) is 0 Å². The molecular formula is C11H16N2OS. The van der Waals surface area contributed by atoms with Crippen LogP contribution in [-0.4, -0.2) is 28.0 Å². The summed E-state index contributed by atoms with van der Waals surface area (Å²) in [5.74, 6) is 1.29. The van der Waals surface area contributed by atoms with Crippen molar-refractivity contribution in [2.75, 3.05) is 18.8 Å². The Morgan fingerprint density at radius 2 is 2.53 bits per heavy atom. The van der Waals surface area contributed by atoms with E-state index in [1.807, 2.05) is 19.1 Å². The second-order valence-electron chi connectivity index (χ2n) is 4.04. The van der Waals surface area contributed by atoms with Gasteiger partial charge in [-0.2, -0.15) is 0 Å². The van der Waals surface area contributed by atoms with E-state index >= 15 is 0 Å². The number of rotatable bonds is 3. The molecule has 1 fully saturated rings. The molecule has 0 unspecified atom stereocenters. The third-order valence-corrected chi connectivity index (χ3v) is 4.14. The minimum absolute atomic E-state index is 0.549. The first-order valence-electron chi connectivity index (χ1n) is 5.27. The minimum atomic E-state index is -0.935. The molecule has 0 amide bonds. The van der Waals surface area contributed by atoms with Crippen LogP contribution in [0.2, 0.25) is 0 Å². The van der Waals surface area contributed by atoms with Crippen molar-refractivity contribution in [3.8, 4) is 0 Å². The van der Waals surface area contributed by atoms with E-state index in [2.05, 4.69) is 10.3 Å². The Labute approximate surface area is 92.8 Å². The number of pyridine rings is 1. The highest BCUT2D eigenvalue weighted by atomic mass is 32.2. The molecule has 1 aliphatic rings. The predicted octanol–water partition coefficient (Wildman–Crippen LogP) is 1.11. The van der Waals surface area contributed by atoms with Gasteiger partial charge in [0.05, 0.1) is 10.8 Å². The van der Waals surface area contributed by atoms with Crippen molar-refractivity contribution in [3.05, 3.63) is 23.9 Å². The first kappa shape index (κ1) is 10.8. The standard InChI is InChI=1S/C11H16N2OS/c1-9-2-5-13-11(6-9)15(14)8-10-3-4-12-7-10/h2,5-6,10,12H,3-4,7-8H2,1H3/t10-,15+/m1/s1. The second kappa shape index (κ2) is 4.86. The number of nitrogens with zero attached hydrogens (tertiary/aromatic N) is 1. The van der Waals surface area contributed by atoms with Crippen molar-refractivity contribution in [2.24, 2.45) is 5.92 Å². The van der Waals surface area contributed by atoms with Crippen LogP contribution in [0.3, 0.4) is 0 Å². The van der Waals surface area contributed by atoms with Crippen LogP contribution < -0.4 is 5.32 Å². The van der Waals surface area contributed by atoms with Gasteiger partial charge in [0.25, 0.3) is 0 Å². The maximum atomic E-state index is 12.0. The quantitative estimate of drug-likeness (QED) is 0.836. The molecule has 0 spiro atoms. The fourth-order valence-electron chi connectivity index (χ4n) is 1.79. The average Bonchev–Trinajstić information content (AvgIpc) is 2.70. The minimum Gasteiger partial charge on any atom is -0.316 e. The molecule has 82 valence electrons. The molecular weight excluding hydrogens is 208 g/mol. The van der Waals surface area contributed by atoms with E-state index in [0.717, 1.165) is 35.9 Å². The van der Waals surface area contributed by atoms with Crippen molar-refractivity contribution >= 4 is 10.8 Å². The largest absolute Gasteiger partial charge is 0.316 e. The van der Waals surface area contributed by atoms with Crippen molar-refractivity contribution < 1.29 is 4.21 Å². The Hall–Kier alpha value is -0.740. The first-order valence-corrected chi connectivity index (χ1v) is 6.59. The van der Waals surface area contributed by atoms with Gasteiger partial charge in [0.2, 0.25) is 0 Å². The zero-order chi connectivity index (χ0) is 10.7. The number of nitrogens with one attached hydrogen (secondary N) is 1. The van der Waals surface area contributed by atoms with Crippen LogP contribution in [0.15, 0.2) is 23.4 Å². The average molecular weight is 224 g/mol. The van der Waals surface area contributed by atoms with E-state index in [1.54, 1.807) is 6.20 Å². The van der Waals surface area contributed by atoms with E-state index in [1.165, 1.54) is 0 Å². The third-order valence-electron chi connectivity index (χ3n) is 2.67. The summed E-state index contributed by atoms with van der Waals surface area (Å²) >= 11 is 0. The zero-order valence-electron chi connectivity index (χ0n) is 8.90. The first-order chi connectivity index (χ1) is 7.25. The number of hydrogen-bond donors (Lipinski definition) is 1. The van der Waals surface area contributed by atoms with Crippen molar-refractivity contribution in [1.82, 2.24) is 10.3 Å². The fraction of sp³-hybridized carbons (Fsp3) is 0.545. The fourth-order valence-corrected chi connectivity index (χ4v) is 3.17. The van der Waals surface area contributed by atoms with Crippen LogP contribution in [0.1, 0.15) is 12.0 Å². The lowest BCUT2D eigenvalue weighted by Crippen LogP contribution is -2.15. The lowest BCUT2D eigenvalue weighted by Gasteiger charge is -2.07. The predicted molar refractivity (Wildman–Crippen MR) is 61.2 cm³/mol. The Balaban J connectivity index is 2.01. The molecule has 15 heavy (non-hydrogen) atoms. The Morgan fingerprint density at radius 3 is 3.20 bits per heavy atom. The summed E-state index contributed by atoms with van der Waals surface area (Å²) in [6.07, 6.45) is 2.87. The van der Waals surface area contributed by atoms with Crippen LogP contribution in [0, 0.1) is 12.8 Å². The molecule has 0 radical (unpaired) electrons. The number of aromatic nitrogens is 1. The van der Waals surface area contributed by atoms with Crippen molar-refractivity contribution in [1.29, 1.82) is 0 Å². The Kier molecular flexibility index (Phi) is 3.49. The lowest BCUT2D eigenvalue weighted by atomic mass is 10.2. The van der Waals surface area contributed by atoms with Gasteiger partial charge in [-0.3, -0.25) is 4.21 Å². The van der Waals surface area contributed by atoms with Gasteiger partial charge in [-0.25, -0.2) is 4.98 Å². The van der Waals surface area contributed by atoms with Crippen LogP contribution in [0.25, 0.3) is 0 Å². The monoisotopic (exact) mass is 224 g/mol. The summed E-state index contributed by atoms with van der Waals surface area (Å²) in [5, 5.41) is 4.01. The molecule has 1 aliphatic heterocycles. The topological polar surface area (TPSA) is 42.0 Å². The van der Waals surface area contributed by atoms with E-state index in [0.29, 0.717) is 5.92 Å². The van der Waals surface area contributed by atoms with Crippen molar-refractivity contribution in [3.63, 3.8) is 0 Å². The maximum absolute atomic E-state index is 12.0. The zero-order valence-corrected chi connectivity index (χ0v) is 9.72. The summed E-state index contributed by atoms with van der Waals surface area (Å²) < 4.78 is 12.0. The summed E-state index contributed by atoms with van der Waals surface area (Å²) in [6, 6.07) is 3.84. The molecule has 2 atom stereocenters. The molecule has 3 nitrogen and oxygen atoms in total. The smallest absolute Gasteiger partial charge is 0.127 e. The van der Waals surface area contributed by atoms with Crippen LogP contribution in [0.4, 0.5) is 0 Å². The van der Waals surface area contributed by atoms with Gasteiger partial charge in [0, 0.05) is 11.9 Å². The van der Waals surface area contributed by atoms with Crippen LogP contribution in [0.5, 0.6) is 0 Å². The van der Waals surface area contributed by atoms with Gasteiger partial charge >= 0.3 is 0 Å². The Morgan fingerprint density at radius 1 is 1.67 bits per heavy atom. The van der Waals surface area contributed by atoms with Gasteiger partial charge < -0.3 is 5.32 Å². The number of aryl methyl sites for hydroxylation is 1. The van der Waals surface area contributed by atoms with E-state index in [4.69, 9.17) is 0 Å². The molecule has 2 heterocycles. The van der Waals surface area contributed by atoms with E-state index < -0.39 is 10.8 Å². The molecule has 0 bridgehead atoms. The molecule has 2 rings (SSSR count). The molecule has 1 aromatic rings. The molecule has 4 heteroatoms. The van der Waals surface area contributed by atoms with Crippen molar-refractivity contribution in [2.45, 2.75) is 18.4 Å². The lowest BCUT2D eigenvalue weighted by molar-refractivity contribution is 0.631. The van der Waals surface area contributed by atoms with Gasteiger partial charge in [-0.05, 0) is 50.0 Å². The van der Waals surface area contributed by atoms with Gasteiger partial charge in [-0.15, -0.1) is 0 Å². The highest BCUT2D eigenvalue weighted by Crippen LogP contribution is 2.13. The summed E-state index contributed by atoms with van der Waals surface area (Å²) in [5.41, 5.74) is 1.12. The third kappa shape index (κ3) is 2.86. The van der Waals surface area contributed by atoms with E-state index in [9.17, 15) is 4.21 Å². The highest BCUT2D eigenvalue weighted by Gasteiger charge is 2.18. The summed E-state index contributed by atoms with van der Waals surface area (Å²) in [7, 11) is -0.935. The van der Waals surface area contributed by atoms with Crippen LogP contribution >= 0.6 is 0 Å². The summed E-state index contributed by atoms with van der Waals surface area (Å²) in [4.78, 5) is 4.16. The molecule has 0 aromatic carbocycles. The van der Waals surface area contributed by atoms with Gasteiger partial charge in [0.1, 0.15) is 5.03 Å². The summed E-state index contributed by atoms with van der Waals surface area (Å²) in [6.45, 7) is 4.06. The highest BCUT2D eigenvalue weighted by molar-refractivity contribution is 7.84. The molecule has 1 aromatic heterocycles. The van der Waals surface area contributed by atoms with Crippen LogP contribution in [-0.2, 0) is 10.8 Å². The SMILES string of the molecule is Cc1ccnc([S@@](=O)C[C@@H]2CCNC2)c1. The maximum Gasteiger partial charge on any atom is 0.127 e. The van der Waals surface area contributed by atoms with Gasteiger partial charge in [0.15, 0.2) is 0 Å². The molecule has 1 N–H and O–H groups in total. The number of hydrogen-bond acceptors (Lipinski definition) is 3. The second-order valence-corrected chi connectivity index (χ2v) is 5.49. The molecule has 0 aliphatic carbocycles. The van der Waals surface area contributed by atoms with Gasteiger partial charge in [-0.1, -0.05) is 0 Å². The molecule has 1 saturated heterocycles. The normalized spacial score (nSPS) is 22.9. The Bertz CT molecular complexity index is 361.